The van der Waals surface area contributed by atoms with Crippen LogP contribution in [0.3, 0.4) is 0 Å². The van der Waals surface area contributed by atoms with Crippen molar-refractivity contribution in [2.75, 3.05) is 25.5 Å². The third kappa shape index (κ3) is 8.50. The van der Waals surface area contributed by atoms with Gasteiger partial charge in [0.15, 0.2) is 0 Å². The fourth-order valence-electron chi connectivity index (χ4n) is 1.97. The highest BCUT2D eigenvalue weighted by atomic mass is 32.2. The summed E-state index contributed by atoms with van der Waals surface area (Å²) in [5.74, 6) is 1.76. The van der Waals surface area contributed by atoms with E-state index in [0.29, 0.717) is 6.04 Å². The van der Waals surface area contributed by atoms with Crippen LogP contribution in [0.15, 0.2) is 29.2 Å². The van der Waals surface area contributed by atoms with Crippen LogP contribution in [-0.2, 0) is 4.74 Å². The minimum absolute atomic E-state index is 0.434. The fraction of sp³-hybridized carbons (Fsp3) is 0.667. The molecule has 1 rings (SSSR count). The van der Waals surface area contributed by atoms with Crippen LogP contribution in [0.1, 0.15) is 52.1 Å². The highest BCUT2D eigenvalue weighted by molar-refractivity contribution is 7.99. The number of hydrogen-bond acceptors (Lipinski definition) is 3. The molecule has 1 N–H and O–H groups in total. The molecule has 2 nitrogen and oxygen atoms in total. The Hall–Kier alpha value is -0.510. The number of ether oxygens (including phenoxy) is 1. The number of benzene rings is 1. The molecule has 1 aromatic rings. The molecule has 0 fully saturated rings. The van der Waals surface area contributed by atoms with Crippen LogP contribution in [-0.4, -0.2) is 25.5 Å². The SMILES string of the molecule is CCCNC(C)c1ccc(SCCOCCC(C)C)cc1. The maximum atomic E-state index is 5.64. The van der Waals surface area contributed by atoms with Gasteiger partial charge in [0.2, 0.25) is 0 Å². The van der Waals surface area contributed by atoms with E-state index >= 15 is 0 Å². The van der Waals surface area contributed by atoms with Gasteiger partial charge in [0.1, 0.15) is 0 Å². The summed E-state index contributed by atoms with van der Waals surface area (Å²) in [7, 11) is 0. The molecule has 1 aromatic carbocycles. The summed E-state index contributed by atoms with van der Waals surface area (Å²) in [6, 6.07) is 9.34. The molecule has 0 heterocycles. The van der Waals surface area contributed by atoms with E-state index in [2.05, 4.69) is 57.3 Å². The maximum Gasteiger partial charge on any atom is 0.0560 e. The molecule has 1 atom stereocenters. The average Bonchev–Trinajstić information content (AvgIpc) is 2.48. The van der Waals surface area contributed by atoms with Crippen molar-refractivity contribution in [3.05, 3.63) is 29.8 Å². The van der Waals surface area contributed by atoms with Crippen LogP contribution in [0.2, 0.25) is 0 Å². The summed E-state index contributed by atoms with van der Waals surface area (Å²) in [6.07, 6.45) is 2.33. The van der Waals surface area contributed by atoms with Gasteiger partial charge in [0.05, 0.1) is 6.61 Å². The lowest BCUT2D eigenvalue weighted by Crippen LogP contribution is -2.19. The van der Waals surface area contributed by atoms with E-state index in [1.807, 2.05) is 11.8 Å². The van der Waals surface area contributed by atoms with Gasteiger partial charge in [0.25, 0.3) is 0 Å². The van der Waals surface area contributed by atoms with Gasteiger partial charge in [-0.3, -0.25) is 0 Å². The van der Waals surface area contributed by atoms with Crippen molar-refractivity contribution in [1.82, 2.24) is 5.32 Å². The molecule has 0 aliphatic heterocycles. The topological polar surface area (TPSA) is 21.3 Å². The van der Waals surface area contributed by atoms with Crippen molar-refractivity contribution in [3.63, 3.8) is 0 Å². The molecule has 0 bridgehead atoms. The molecule has 0 radical (unpaired) electrons. The third-order valence-corrected chi connectivity index (χ3v) is 4.39. The summed E-state index contributed by atoms with van der Waals surface area (Å²) < 4.78 is 5.64. The lowest BCUT2D eigenvalue weighted by atomic mass is 10.1. The lowest BCUT2D eigenvalue weighted by Gasteiger charge is -2.14. The van der Waals surface area contributed by atoms with Crippen molar-refractivity contribution in [1.29, 1.82) is 0 Å². The Morgan fingerprint density at radius 1 is 1.10 bits per heavy atom. The maximum absolute atomic E-state index is 5.64. The van der Waals surface area contributed by atoms with Gasteiger partial charge in [-0.2, -0.15) is 0 Å². The predicted molar refractivity (Wildman–Crippen MR) is 94.1 cm³/mol. The zero-order valence-electron chi connectivity index (χ0n) is 14.0. The second kappa shape index (κ2) is 11.1. The molecule has 0 amide bonds. The lowest BCUT2D eigenvalue weighted by molar-refractivity contribution is 0.138. The second-order valence-electron chi connectivity index (χ2n) is 5.89. The van der Waals surface area contributed by atoms with E-state index in [1.165, 1.54) is 16.9 Å². The van der Waals surface area contributed by atoms with Crippen LogP contribution in [0.25, 0.3) is 0 Å². The molecule has 1 unspecified atom stereocenters. The molecular formula is C18H31NOS. The number of nitrogens with one attached hydrogen (secondary N) is 1. The Morgan fingerprint density at radius 2 is 1.81 bits per heavy atom. The van der Waals surface area contributed by atoms with Crippen LogP contribution >= 0.6 is 11.8 Å². The zero-order chi connectivity index (χ0) is 15.5. The molecule has 3 heteroatoms. The fourth-order valence-corrected chi connectivity index (χ4v) is 2.74. The van der Waals surface area contributed by atoms with Gasteiger partial charge in [-0.1, -0.05) is 32.9 Å². The Labute approximate surface area is 135 Å². The van der Waals surface area contributed by atoms with Crippen molar-refractivity contribution in [3.8, 4) is 0 Å². The number of thioether (sulfide) groups is 1. The molecule has 0 saturated heterocycles. The standard InChI is InChI=1S/C18H31NOS/c1-5-11-19-16(4)17-6-8-18(9-7-17)21-14-13-20-12-10-15(2)3/h6-9,15-16,19H,5,10-14H2,1-4H3. The van der Waals surface area contributed by atoms with Crippen molar-refractivity contribution in [2.24, 2.45) is 5.92 Å². The van der Waals surface area contributed by atoms with E-state index in [1.54, 1.807) is 0 Å². The zero-order valence-corrected chi connectivity index (χ0v) is 14.8. The first-order valence-corrected chi connectivity index (χ1v) is 9.16. The first-order valence-electron chi connectivity index (χ1n) is 8.17. The van der Waals surface area contributed by atoms with Crippen LogP contribution < -0.4 is 5.32 Å². The van der Waals surface area contributed by atoms with E-state index in [4.69, 9.17) is 4.74 Å². The van der Waals surface area contributed by atoms with Gasteiger partial charge in [-0.25, -0.2) is 0 Å². The Bertz CT molecular complexity index is 364. The van der Waals surface area contributed by atoms with Gasteiger partial charge in [-0.15, -0.1) is 11.8 Å². The normalized spacial score (nSPS) is 12.8. The molecule has 120 valence electrons. The Balaban J connectivity index is 2.21. The summed E-state index contributed by atoms with van der Waals surface area (Å²) in [5.41, 5.74) is 1.36. The molecule has 0 saturated carbocycles. The quantitative estimate of drug-likeness (QED) is 0.464. The number of rotatable bonds is 11. The summed E-state index contributed by atoms with van der Waals surface area (Å²) in [4.78, 5) is 1.33. The first kappa shape index (κ1) is 18.5. The highest BCUT2D eigenvalue weighted by Gasteiger charge is 2.04. The Morgan fingerprint density at radius 3 is 2.43 bits per heavy atom. The summed E-state index contributed by atoms with van der Waals surface area (Å²) in [5, 5.41) is 3.52. The molecule has 21 heavy (non-hydrogen) atoms. The van der Waals surface area contributed by atoms with Crippen LogP contribution in [0, 0.1) is 5.92 Å². The molecular weight excluding hydrogens is 278 g/mol. The highest BCUT2D eigenvalue weighted by Crippen LogP contribution is 2.21. The largest absolute Gasteiger partial charge is 0.381 e. The van der Waals surface area contributed by atoms with Gasteiger partial charge in [-0.05, 0) is 49.9 Å². The van der Waals surface area contributed by atoms with Crippen LogP contribution in [0.4, 0.5) is 0 Å². The molecule has 0 aromatic heterocycles. The van der Waals surface area contributed by atoms with Crippen molar-refractivity contribution in [2.45, 2.75) is 51.5 Å². The van der Waals surface area contributed by atoms with E-state index in [9.17, 15) is 0 Å². The van der Waals surface area contributed by atoms with E-state index in [-0.39, 0.29) is 0 Å². The van der Waals surface area contributed by atoms with Crippen molar-refractivity contribution >= 4 is 11.8 Å². The first-order chi connectivity index (χ1) is 10.1. The van der Waals surface area contributed by atoms with Crippen molar-refractivity contribution < 1.29 is 4.74 Å². The monoisotopic (exact) mass is 309 g/mol. The third-order valence-electron chi connectivity index (χ3n) is 3.42. The predicted octanol–water partition coefficient (Wildman–Crippen LogP) is 4.90. The minimum Gasteiger partial charge on any atom is -0.381 e. The van der Waals surface area contributed by atoms with Gasteiger partial charge < -0.3 is 10.1 Å². The smallest absolute Gasteiger partial charge is 0.0560 e. The number of hydrogen-bond donors (Lipinski definition) is 1. The van der Waals surface area contributed by atoms with E-state index < -0.39 is 0 Å². The Kier molecular flexibility index (Phi) is 9.81. The van der Waals surface area contributed by atoms with Crippen LogP contribution in [0.5, 0.6) is 0 Å². The summed E-state index contributed by atoms with van der Waals surface area (Å²) >= 11 is 1.87. The molecule has 0 spiro atoms. The summed E-state index contributed by atoms with van der Waals surface area (Å²) in [6.45, 7) is 11.7. The van der Waals surface area contributed by atoms with Gasteiger partial charge in [0, 0.05) is 23.3 Å². The second-order valence-corrected chi connectivity index (χ2v) is 7.06. The average molecular weight is 310 g/mol. The minimum atomic E-state index is 0.434. The molecule has 0 aliphatic rings. The van der Waals surface area contributed by atoms with Gasteiger partial charge >= 0.3 is 0 Å². The molecule has 0 aliphatic carbocycles. The van der Waals surface area contributed by atoms with E-state index in [0.717, 1.165) is 37.9 Å².